The molecule has 0 radical (unpaired) electrons. The fourth-order valence-electron chi connectivity index (χ4n) is 2.47. The number of sulfonamides is 1. The Bertz CT molecular complexity index is 924. The van der Waals surface area contributed by atoms with Crippen molar-refractivity contribution in [3.8, 4) is 5.75 Å². The summed E-state index contributed by atoms with van der Waals surface area (Å²) in [6.45, 7) is 1.84. The molecule has 9 heteroatoms. The first-order valence-corrected chi connectivity index (χ1v) is 10.3. The van der Waals surface area contributed by atoms with Gasteiger partial charge in [-0.25, -0.2) is 13.2 Å². The summed E-state index contributed by atoms with van der Waals surface area (Å²) in [6.07, 6.45) is 1.14. The van der Waals surface area contributed by atoms with Crippen LogP contribution < -0.4 is 14.4 Å². The number of ether oxygens (including phenoxy) is 2. The number of nitrogens with one attached hydrogen (secondary N) is 1. The highest BCUT2D eigenvalue weighted by Crippen LogP contribution is 2.21. The molecule has 0 unspecified atom stereocenters. The largest absolute Gasteiger partial charge is 0.484 e. The lowest BCUT2D eigenvalue weighted by Gasteiger charge is -2.20. The lowest BCUT2D eigenvalue weighted by atomic mass is 10.2. The van der Waals surface area contributed by atoms with Crippen molar-refractivity contribution in [1.29, 1.82) is 0 Å². The predicted molar refractivity (Wildman–Crippen MR) is 106 cm³/mol. The Morgan fingerprint density at radius 3 is 2.14 bits per heavy atom. The lowest BCUT2D eigenvalue weighted by Crippen LogP contribution is -2.29. The summed E-state index contributed by atoms with van der Waals surface area (Å²) in [4.78, 5) is 23.4. The second-order valence-corrected chi connectivity index (χ2v) is 7.73. The number of benzene rings is 2. The summed E-state index contributed by atoms with van der Waals surface area (Å²) in [5.74, 6) is -0.395. The second kappa shape index (κ2) is 9.23. The summed E-state index contributed by atoms with van der Waals surface area (Å²) in [6, 6.07) is 12.7. The first-order valence-electron chi connectivity index (χ1n) is 8.43. The molecule has 0 atom stereocenters. The van der Waals surface area contributed by atoms with Crippen LogP contribution in [0.5, 0.6) is 5.75 Å². The van der Waals surface area contributed by atoms with Crippen LogP contribution in [-0.4, -0.2) is 46.8 Å². The van der Waals surface area contributed by atoms with Crippen LogP contribution in [0.3, 0.4) is 0 Å². The summed E-state index contributed by atoms with van der Waals surface area (Å²) in [7, 11) is -2.06. The van der Waals surface area contributed by atoms with Crippen molar-refractivity contribution in [1.82, 2.24) is 0 Å². The maximum absolute atomic E-state index is 12.0. The third kappa shape index (κ3) is 5.71. The zero-order chi connectivity index (χ0) is 20.7. The number of nitrogens with zero attached hydrogens (tertiary/aromatic N) is 1. The molecule has 8 nitrogen and oxygen atoms in total. The zero-order valence-electron chi connectivity index (χ0n) is 15.8. The molecule has 1 N–H and O–H groups in total. The van der Waals surface area contributed by atoms with E-state index in [1.54, 1.807) is 55.5 Å². The van der Waals surface area contributed by atoms with Gasteiger partial charge in [0.25, 0.3) is 5.91 Å². The van der Waals surface area contributed by atoms with E-state index in [-0.39, 0.29) is 12.5 Å². The van der Waals surface area contributed by atoms with E-state index < -0.39 is 16.0 Å². The van der Waals surface area contributed by atoms with Crippen molar-refractivity contribution in [3.05, 3.63) is 54.1 Å². The van der Waals surface area contributed by atoms with E-state index in [0.717, 1.165) is 6.26 Å². The number of carbonyl (C=O) groups excluding carboxylic acids is 2. The van der Waals surface area contributed by atoms with Crippen LogP contribution in [-0.2, 0) is 19.6 Å². The molecule has 0 bridgehead atoms. The fraction of sp³-hybridized carbons (Fsp3) is 0.263. The molecule has 0 fully saturated rings. The van der Waals surface area contributed by atoms with Crippen molar-refractivity contribution >= 4 is 33.3 Å². The lowest BCUT2D eigenvalue weighted by molar-refractivity contribution is -0.118. The first kappa shape index (κ1) is 21.2. The van der Waals surface area contributed by atoms with Crippen LogP contribution in [0.1, 0.15) is 17.3 Å². The molecule has 28 heavy (non-hydrogen) atoms. The summed E-state index contributed by atoms with van der Waals surface area (Å²) in [5.41, 5.74) is 1.42. The van der Waals surface area contributed by atoms with Gasteiger partial charge in [-0.15, -0.1) is 0 Å². The maximum Gasteiger partial charge on any atom is 0.337 e. The van der Waals surface area contributed by atoms with Crippen LogP contribution in [0.25, 0.3) is 0 Å². The van der Waals surface area contributed by atoms with Gasteiger partial charge in [-0.2, -0.15) is 0 Å². The molecule has 0 saturated carbocycles. The third-order valence-electron chi connectivity index (χ3n) is 3.77. The van der Waals surface area contributed by atoms with E-state index in [0.29, 0.717) is 29.2 Å². The fourth-order valence-corrected chi connectivity index (χ4v) is 3.44. The van der Waals surface area contributed by atoms with E-state index in [2.05, 4.69) is 10.1 Å². The zero-order valence-corrected chi connectivity index (χ0v) is 16.7. The smallest absolute Gasteiger partial charge is 0.337 e. The molecule has 0 spiro atoms. The topological polar surface area (TPSA) is 102 Å². The average molecular weight is 406 g/mol. The molecule has 2 aromatic carbocycles. The number of hydrogen-bond acceptors (Lipinski definition) is 6. The molecule has 0 saturated heterocycles. The minimum Gasteiger partial charge on any atom is -0.484 e. The van der Waals surface area contributed by atoms with Crippen LogP contribution in [0.15, 0.2) is 48.5 Å². The van der Waals surface area contributed by atoms with Crippen molar-refractivity contribution in [2.75, 3.05) is 36.1 Å². The van der Waals surface area contributed by atoms with Crippen molar-refractivity contribution in [3.63, 3.8) is 0 Å². The Morgan fingerprint density at radius 2 is 1.64 bits per heavy atom. The van der Waals surface area contributed by atoms with Gasteiger partial charge in [-0.3, -0.25) is 9.10 Å². The van der Waals surface area contributed by atoms with E-state index in [1.165, 1.54) is 11.4 Å². The molecule has 2 aromatic rings. The monoisotopic (exact) mass is 406 g/mol. The number of amides is 1. The van der Waals surface area contributed by atoms with Gasteiger partial charge < -0.3 is 14.8 Å². The van der Waals surface area contributed by atoms with E-state index in [4.69, 9.17) is 4.74 Å². The molecular weight excluding hydrogens is 384 g/mol. The van der Waals surface area contributed by atoms with E-state index in [9.17, 15) is 18.0 Å². The second-order valence-electron chi connectivity index (χ2n) is 5.83. The van der Waals surface area contributed by atoms with Crippen LogP contribution in [0.4, 0.5) is 11.4 Å². The van der Waals surface area contributed by atoms with E-state index in [1.807, 2.05) is 0 Å². The Hall–Kier alpha value is -3.07. The first-order chi connectivity index (χ1) is 13.2. The minimum atomic E-state index is -3.35. The molecule has 0 aliphatic carbocycles. The molecule has 0 aliphatic heterocycles. The van der Waals surface area contributed by atoms with Gasteiger partial charge in [0.05, 0.1) is 24.6 Å². The SMILES string of the molecule is CCN(c1ccc(OCC(=O)Nc2ccc(C(=O)OC)cc2)cc1)S(C)(=O)=O. The highest BCUT2D eigenvalue weighted by Gasteiger charge is 2.15. The Labute approximate surface area is 164 Å². The van der Waals surface area contributed by atoms with Gasteiger partial charge in [0.1, 0.15) is 5.75 Å². The molecular formula is C19H22N2O6S. The van der Waals surface area contributed by atoms with Gasteiger partial charge >= 0.3 is 5.97 Å². The Balaban J connectivity index is 1.91. The summed E-state index contributed by atoms with van der Waals surface area (Å²) < 4.78 is 34.8. The quantitative estimate of drug-likeness (QED) is 0.675. The van der Waals surface area contributed by atoms with Crippen molar-refractivity contribution in [2.24, 2.45) is 0 Å². The van der Waals surface area contributed by atoms with Crippen molar-refractivity contribution in [2.45, 2.75) is 6.92 Å². The van der Waals surface area contributed by atoms with Gasteiger partial charge in [0.15, 0.2) is 6.61 Å². The summed E-state index contributed by atoms with van der Waals surface area (Å²) in [5, 5.41) is 2.65. The molecule has 0 heterocycles. The number of rotatable bonds is 8. The molecule has 1 amide bonds. The number of anilines is 2. The van der Waals surface area contributed by atoms with E-state index >= 15 is 0 Å². The predicted octanol–water partition coefficient (Wildman–Crippen LogP) is 2.28. The number of methoxy groups -OCH3 is 1. The van der Waals surface area contributed by atoms with Gasteiger partial charge in [-0.1, -0.05) is 0 Å². The normalized spacial score (nSPS) is 10.8. The number of carbonyl (C=O) groups is 2. The highest BCUT2D eigenvalue weighted by molar-refractivity contribution is 7.92. The minimum absolute atomic E-state index is 0.221. The standard InChI is InChI=1S/C19H22N2O6S/c1-4-21(28(3,24)25)16-9-11-17(12-10-16)27-13-18(22)20-15-7-5-14(6-8-15)19(23)26-2/h5-12H,4,13H2,1-3H3,(H,20,22). The number of hydrogen-bond donors (Lipinski definition) is 1. The molecule has 0 aromatic heterocycles. The van der Waals surface area contributed by atoms with Crippen LogP contribution >= 0.6 is 0 Å². The molecule has 2 rings (SSSR count). The molecule has 150 valence electrons. The van der Waals surface area contributed by atoms with Crippen molar-refractivity contribution < 1.29 is 27.5 Å². The number of esters is 1. The summed E-state index contributed by atoms with van der Waals surface area (Å²) >= 11 is 0. The average Bonchev–Trinajstić information content (AvgIpc) is 2.67. The van der Waals surface area contributed by atoms with Crippen LogP contribution in [0.2, 0.25) is 0 Å². The van der Waals surface area contributed by atoms with Gasteiger partial charge in [0, 0.05) is 12.2 Å². The van der Waals surface area contributed by atoms with Crippen LogP contribution in [0, 0.1) is 0 Å². The molecule has 0 aliphatic rings. The highest BCUT2D eigenvalue weighted by atomic mass is 32.2. The van der Waals surface area contributed by atoms with Gasteiger partial charge in [0.2, 0.25) is 10.0 Å². The third-order valence-corrected chi connectivity index (χ3v) is 5.04. The maximum atomic E-state index is 12.0. The Kier molecular flexibility index (Phi) is 7.00. The van der Waals surface area contributed by atoms with Gasteiger partial charge in [-0.05, 0) is 55.5 Å². The Morgan fingerprint density at radius 1 is 1.04 bits per heavy atom.